The Labute approximate surface area is 134 Å². The van der Waals surface area contributed by atoms with Crippen LogP contribution in [0, 0.1) is 17.8 Å². The van der Waals surface area contributed by atoms with Crippen LogP contribution >= 0.6 is 0 Å². The molecule has 0 saturated carbocycles. The zero-order valence-corrected chi connectivity index (χ0v) is 15.3. The molecule has 0 aliphatic carbocycles. The first kappa shape index (κ1) is 20.7. The largest absolute Gasteiger partial charge is 0.386 e. The lowest BCUT2D eigenvalue weighted by Gasteiger charge is -2.20. The quantitative estimate of drug-likeness (QED) is 0.392. The lowest BCUT2D eigenvalue weighted by Crippen LogP contribution is -2.20. The van der Waals surface area contributed by atoms with E-state index >= 15 is 0 Å². The van der Waals surface area contributed by atoms with Gasteiger partial charge in [0, 0.05) is 0 Å². The summed E-state index contributed by atoms with van der Waals surface area (Å²) in [7, 11) is 0. The van der Waals surface area contributed by atoms with Gasteiger partial charge < -0.3 is 5.11 Å². The van der Waals surface area contributed by atoms with Gasteiger partial charge in [0.15, 0.2) is 0 Å². The van der Waals surface area contributed by atoms with Crippen LogP contribution in [0.3, 0.4) is 0 Å². The first-order chi connectivity index (χ1) is 9.76. The Balaban J connectivity index is 3.56. The van der Waals surface area contributed by atoms with E-state index in [9.17, 15) is 5.11 Å². The van der Waals surface area contributed by atoms with Gasteiger partial charge in [-0.15, -0.1) is 6.58 Å². The van der Waals surface area contributed by atoms with E-state index in [0.29, 0.717) is 0 Å². The van der Waals surface area contributed by atoms with Crippen LogP contribution in [0.5, 0.6) is 0 Å². The van der Waals surface area contributed by atoms with Gasteiger partial charge in [-0.25, -0.2) is 0 Å². The third-order valence-electron chi connectivity index (χ3n) is 4.69. The lowest BCUT2D eigenvalue weighted by molar-refractivity contribution is 0.0974. The second-order valence-corrected chi connectivity index (χ2v) is 7.92. The Hall–Kier alpha value is -0.300. The number of hydrogen-bond acceptors (Lipinski definition) is 1. The molecule has 0 unspecified atom stereocenters. The van der Waals surface area contributed by atoms with Crippen molar-refractivity contribution in [3.63, 3.8) is 0 Å². The van der Waals surface area contributed by atoms with Gasteiger partial charge in [0.05, 0.1) is 5.60 Å². The predicted molar refractivity (Wildman–Crippen MR) is 95.5 cm³/mol. The van der Waals surface area contributed by atoms with Crippen LogP contribution in [0.25, 0.3) is 0 Å². The van der Waals surface area contributed by atoms with Gasteiger partial charge in [-0.05, 0) is 31.1 Å². The van der Waals surface area contributed by atoms with Crippen LogP contribution in [-0.2, 0) is 0 Å². The van der Waals surface area contributed by atoms with E-state index in [-0.39, 0.29) is 0 Å². The van der Waals surface area contributed by atoms with E-state index in [4.69, 9.17) is 0 Å². The first-order valence-corrected chi connectivity index (χ1v) is 9.12. The Morgan fingerprint density at radius 1 is 0.857 bits per heavy atom. The van der Waals surface area contributed by atoms with Crippen LogP contribution in [0.4, 0.5) is 0 Å². The van der Waals surface area contributed by atoms with Crippen LogP contribution in [0.1, 0.15) is 92.4 Å². The summed E-state index contributed by atoms with van der Waals surface area (Å²) in [5.41, 5.74) is -0.676. The molecule has 0 radical (unpaired) electrons. The standard InChI is InChI=1S/C20H40O/c1-7-20(6,21)16-10-15-19(5)14-9-13-18(4)12-8-11-17(2)3/h7,17-19,21H,1,8-16H2,2-6H3/t18-,19-,20-/m0/s1. The van der Waals surface area contributed by atoms with Crippen molar-refractivity contribution >= 4 is 0 Å². The summed E-state index contributed by atoms with van der Waals surface area (Å²) >= 11 is 0. The van der Waals surface area contributed by atoms with Crippen molar-refractivity contribution in [2.45, 2.75) is 98.0 Å². The number of rotatable bonds is 13. The second-order valence-electron chi connectivity index (χ2n) is 7.92. The average molecular weight is 297 g/mol. The molecular weight excluding hydrogens is 256 g/mol. The van der Waals surface area contributed by atoms with Crippen molar-refractivity contribution in [1.82, 2.24) is 0 Å². The van der Waals surface area contributed by atoms with Gasteiger partial charge in [0.1, 0.15) is 0 Å². The molecule has 0 heterocycles. The summed E-state index contributed by atoms with van der Waals surface area (Å²) < 4.78 is 0. The maximum atomic E-state index is 9.89. The van der Waals surface area contributed by atoms with E-state index in [1.54, 1.807) is 6.08 Å². The fraction of sp³-hybridized carbons (Fsp3) is 0.900. The van der Waals surface area contributed by atoms with E-state index in [1.807, 2.05) is 6.92 Å². The predicted octanol–water partition coefficient (Wildman–Crippen LogP) is 6.36. The lowest BCUT2D eigenvalue weighted by atomic mass is 9.90. The molecule has 0 aliphatic rings. The molecule has 21 heavy (non-hydrogen) atoms. The van der Waals surface area contributed by atoms with Crippen molar-refractivity contribution in [1.29, 1.82) is 0 Å². The monoisotopic (exact) mass is 296 g/mol. The zero-order valence-electron chi connectivity index (χ0n) is 15.3. The summed E-state index contributed by atoms with van der Waals surface area (Å²) in [4.78, 5) is 0. The maximum absolute atomic E-state index is 9.89. The molecule has 0 amide bonds. The maximum Gasteiger partial charge on any atom is 0.0797 e. The minimum absolute atomic E-state index is 0.676. The minimum atomic E-state index is -0.676. The molecule has 0 saturated heterocycles. The van der Waals surface area contributed by atoms with Gasteiger partial charge in [-0.2, -0.15) is 0 Å². The summed E-state index contributed by atoms with van der Waals surface area (Å²) in [5.74, 6) is 2.52. The normalized spacial score (nSPS) is 17.5. The molecule has 3 atom stereocenters. The fourth-order valence-corrected chi connectivity index (χ4v) is 2.89. The molecule has 0 aromatic heterocycles. The highest BCUT2D eigenvalue weighted by Crippen LogP contribution is 2.23. The van der Waals surface area contributed by atoms with E-state index in [0.717, 1.165) is 30.6 Å². The highest BCUT2D eigenvalue weighted by Gasteiger charge is 2.15. The smallest absolute Gasteiger partial charge is 0.0797 e. The summed E-state index contributed by atoms with van der Waals surface area (Å²) in [5, 5.41) is 9.89. The van der Waals surface area contributed by atoms with Crippen molar-refractivity contribution in [2.24, 2.45) is 17.8 Å². The van der Waals surface area contributed by atoms with E-state index < -0.39 is 5.60 Å². The molecule has 1 N–H and O–H groups in total. The second kappa shape index (κ2) is 11.3. The molecule has 0 spiro atoms. The van der Waals surface area contributed by atoms with E-state index in [1.165, 1.54) is 44.9 Å². The third kappa shape index (κ3) is 13.1. The Bertz CT molecular complexity index is 255. The molecule has 0 aromatic rings. The number of hydrogen-bond donors (Lipinski definition) is 1. The molecule has 0 bridgehead atoms. The Morgan fingerprint density at radius 2 is 1.29 bits per heavy atom. The SMILES string of the molecule is C=C[C@](C)(O)CCC[C@@H](C)CCC[C@@H](C)CCCC(C)C. The van der Waals surface area contributed by atoms with E-state index in [2.05, 4.69) is 34.3 Å². The molecule has 0 fully saturated rings. The molecule has 0 aromatic carbocycles. The van der Waals surface area contributed by atoms with Crippen LogP contribution in [0.15, 0.2) is 12.7 Å². The molecule has 1 nitrogen and oxygen atoms in total. The van der Waals surface area contributed by atoms with Crippen molar-refractivity contribution in [2.75, 3.05) is 0 Å². The molecular formula is C20H40O. The Morgan fingerprint density at radius 3 is 1.71 bits per heavy atom. The van der Waals surface area contributed by atoms with Gasteiger partial charge in [-0.3, -0.25) is 0 Å². The molecule has 0 aliphatic heterocycles. The van der Waals surface area contributed by atoms with Crippen molar-refractivity contribution < 1.29 is 5.11 Å². The van der Waals surface area contributed by atoms with Gasteiger partial charge in [-0.1, -0.05) is 85.1 Å². The molecule has 126 valence electrons. The molecule has 0 rings (SSSR count). The van der Waals surface area contributed by atoms with Crippen molar-refractivity contribution in [3.8, 4) is 0 Å². The fourth-order valence-electron chi connectivity index (χ4n) is 2.89. The highest BCUT2D eigenvalue weighted by atomic mass is 16.3. The average Bonchev–Trinajstić information content (AvgIpc) is 2.38. The van der Waals surface area contributed by atoms with Gasteiger partial charge in [0.2, 0.25) is 0 Å². The number of aliphatic hydroxyl groups is 1. The summed E-state index contributed by atoms with van der Waals surface area (Å²) in [6.07, 6.45) is 13.1. The topological polar surface area (TPSA) is 20.2 Å². The summed E-state index contributed by atoms with van der Waals surface area (Å²) in [6.45, 7) is 14.9. The van der Waals surface area contributed by atoms with Gasteiger partial charge >= 0.3 is 0 Å². The first-order valence-electron chi connectivity index (χ1n) is 9.12. The van der Waals surface area contributed by atoms with Crippen LogP contribution < -0.4 is 0 Å². The van der Waals surface area contributed by atoms with Gasteiger partial charge in [0.25, 0.3) is 0 Å². The highest BCUT2D eigenvalue weighted by molar-refractivity contribution is 4.91. The summed E-state index contributed by atoms with van der Waals surface area (Å²) in [6, 6.07) is 0. The Kier molecular flexibility index (Phi) is 11.1. The van der Waals surface area contributed by atoms with Crippen LogP contribution in [-0.4, -0.2) is 10.7 Å². The molecule has 1 heteroatoms. The third-order valence-corrected chi connectivity index (χ3v) is 4.69. The zero-order chi connectivity index (χ0) is 16.3. The minimum Gasteiger partial charge on any atom is -0.386 e. The van der Waals surface area contributed by atoms with Crippen LogP contribution in [0.2, 0.25) is 0 Å². The van der Waals surface area contributed by atoms with Crippen molar-refractivity contribution in [3.05, 3.63) is 12.7 Å².